The van der Waals surface area contributed by atoms with Gasteiger partial charge in [-0.3, -0.25) is 14.4 Å². The smallest absolute Gasteiger partial charge is 0.245 e. The zero-order valence-electron chi connectivity index (χ0n) is 31.6. The quantitative estimate of drug-likeness (QED) is 0.102. The number of halogens is 2. The standard InChI is InChI=1S/C44H45Cl2N7O3S/c1-53-39(22-31-25-49-36-13-5-4-12-34(31)36)42(55)51-26-32-21-33(45)23-35(46)40(32)57-43-30(11-8-18-48-43)24-50-38(41(54)52-37(44(53)56)14-6-7-17-47)20-27-15-16-28-9-2-3-10-29(28)19-27/h2-5,8-13,15-16,18-19,21,23,25,37-39,49-50H,6-7,14,17,20,22,24,26,47H2,1H3,(H,51,55)(H,52,54). The molecule has 0 fully saturated rings. The van der Waals surface area contributed by atoms with Gasteiger partial charge in [-0.25, -0.2) is 4.98 Å². The first-order valence-corrected chi connectivity index (χ1v) is 20.7. The summed E-state index contributed by atoms with van der Waals surface area (Å²) >= 11 is 14.8. The number of hydrogen-bond acceptors (Lipinski definition) is 7. The third-order valence-corrected chi connectivity index (χ3v) is 12.3. The molecule has 57 heavy (non-hydrogen) atoms. The van der Waals surface area contributed by atoms with E-state index >= 15 is 0 Å². The van der Waals surface area contributed by atoms with Crippen molar-refractivity contribution in [3.05, 3.63) is 136 Å². The predicted octanol–water partition coefficient (Wildman–Crippen LogP) is 7.19. The van der Waals surface area contributed by atoms with Crippen LogP contribution >= 0.6 is 35.0 Å². The zero-order valence-corrected chi connectivity index (χ0v) is 33.9. The minimum absolute atomic E-state index is 0.0960. The molecule has 6 N–H and O–H groups in total. The molecule has 6 aromatic rings. The number of fused-ring (bicyclic) bond motifs is 4. The van der Waals surface area contributed by atoms with E-state index in [0.29, 0.717) is 64.3 Å². The number of likely N-dealkylation sites (N-methyl/N-ethyl adjacent to an activating group) is 1. The Morgan fingerprint density at radius 3 is 2.49 bits per heavy atom. The number of nitrogens with two attached hydrogens (primary N) is 1. The Kier molecular flexibility index (Phi) is 13.1. The number of nitrogens with zero attached hydrogens (tertiary/aromatic N) is 2. The van der Waals surface area contributed by atoms with Crippen LogP contribution in [-0.2, 0) is 40.3 Å². The minimum Gasteiger partial charge on any atom is -0.361 e. The van der Waals surface area contributed by atoms with Crippen LogP contribution in [0.3, 0.4) is 0 Å². The van der Waals surface area contributed by atoms with Crippen LogP contribution in [0.4, 0.5) is 0 Å². The van der Waals surface area contributed by atoms with Crippen LogP contribution in [0.25, 0.3) is 21.7 Å². The summed E-state index contributed by atoms with van der Waals surface area (Å²) < 4.78 is 0. The second-order valence-electron chi connectivity index (χ2n) is 14.4. The van der Waals surface area contributed by atoms with Gasteiger partial charge >= 0.3 is 0 Å². The molecule has 0 saturated heterocycles. The lowest BCUT2D eigenvalue weighted by Gasteiger charge is -2.32. The molecule has 0 bridgehead atoms. The Bertz CT molecular complexity index is 2410. The Morgan fingerprint density at radius 2 is 1.65 bits per heavy atom. The van der Waals surface area contributed by atoms with E-state index in [0.717, 1.165) is 38.4 Å². The second kappa shape index (κ2) is 18.6. The van der Waals surface area contributed by atoms with Crippen LogP contribution in [0.15, 0.2) is 113 Å². The highest BCUT2D eigenvalue weighted by molar-refractivity contribution is 7.99. The Balaban J connectivity index is 1.29. The number of carbonyl (C=O) groups excluding carboxylic acids is 3. The summed E-state index contributed by atoms with van der Waals surface area (Å²) in [6, 6.07) is 26.8. The van der Waals surface area contributed by atoms with Crippen LogP contribution < -0.4 is 21.7 Å². The van der Waals surface area contributed by atoms with Crippen LogP contribution in [0, 0.1) is 0 Å². The molecule has 0 aliphatic carbocycles. The molecule has 7 rings (SSSR count). The number of pyridine rings is 1. The molecule has 1 aliphatic heterocycles. The van der Waals surface area contributed by atoms with E-state index in [1.54, 1.807) is 25.4 Å². The fraction of sp³-hybridized carbons (Fsp3) is 0.273. The van der Waals surface area contributed by atoms with E-state index in [1.807, 2.05) is 66.9 Å². The molecule has 3 atom stereocenters. The monoisotopic (exact) mass is 821 g/mol. The number of aromatic nitrogens is 2. The Labute approximate surface area is 346 Å². The Hall–Kier alpha value is -4.91. The number of carbonyl (C=O) groups is 3. The summed E-state index contributed by atoms with van der Waals surface area (Å²) in [4.78, 5) is 53.8. The molecular weight excluding hydrogens is 778 g/mol. The number of aromatic amines is 1. The molecule has 3 amide bonds. The second-order valence-corrected chi connectivity index (χ2v) is 16.2. The fourth-order valence-electron chi connectivity index (χ4n) is 7.34. The van der Waals surface area contributed by atoms with Crippen LogP contribution in [0.2, 0.25) is 10.0 Å². The van der Waals surface area contributed by atoms with E-state index in [4.69, 9.17) is 33.9 Å². The van der Waals surface area contributed by atoms with Crippen LogP contribution in [-0.4, -0.2) is 64.3 Å². The van der Waals surface area contributed by atoms with Gasteiger partial charge in [-0.05, 0) is 89.5 Å². The molecule has 13 heteroatoms. The minimum atomic E-state index is -0.930. The molecular formula is C44H45Cl2N7O3S. The maximum atomic E-state index is 14.7. The van der Waals surface area contributed by atoms with Gasteiger partial charge < -0.3 is 31.6 Å². The summed E-state index contributed by atoms with van der Waals surface area (Å²) in [7, 11) is 1.63. The number of H-pyrrole nitrogens is 1. The maximum Gasteiger partial charge on any atom is 0.245 e. The van der Waals surface area contributed by atoms with Crippen molar-refractivity contribution in [3.8, 4) is 0 Å². The lowest BCUT2D eigenvalue weighted by molar-refractivity contribution is -0.142. The third kappa shape index (κ3) is 9.63. The molecule has 3 unspecified atom stereocenters. The van der Waals surface area contributed by atoms with Gasteiger partial charge in [-0.1, -0.05) is 102 Å². The van der Waals surface area contributed by atoms with Crippen molar-refractivity contribution in [2.45, 2.75) is 73.2 Å². The van der Waals surface area contributed by atoms with Crippen LogP contribution in [0.1, 0.15) is 41.5 Å². The van der Waals surface area contributed by atoms with Gasteiger partial charge in [0, 0.05) is 59.8 Å². The van der Waals surface area contributed by atoms with Crippen LogP contribution in [0.5, 0.6) is 0 Å². The number of para-hydroxylation sites is 1. The van der Waals surface area contributed by atoms with Crippen molar-refractivity contribution in [3.63, 3.8) is 0 Å². The van der Waals surface area contributed by atoms with E-state index in [1.165, 1.54) is 16.7 Å². The Morgan fingerprint density at radius 1 is 0.842 bits per heavy atom. The molecule has 4 aromatic carbocycles. The molecule has 0 radical (unpaired) electrons. The lowest BCUT2D eigenvalue weighted by atomic mass is 9.99. The van der Waals surface area contributed by atoms with Gasteiger partial charge in [0.25, 0.3) is 0 Å². The largest absolute Gasteiger partial charge is 0.361 e. The van der Waals surface area contributed by atoms with Gasteiger partial charge in [-0.2, -0.15) is 0 Å². The molecule has 1 aliphatic rings. The normalized spacial score (nSPS) is 18.5. The van der Waals surface area contributed by atoms with E-state index < -0.39 is 18.1 Å². The zero-order chi connectivity index (χ0) is 39.9. The average molecular weight is 823 g/mol. The summed E-state index contributed by atoms with van der Waals surface area (Å²) in [6.07, 6.45) is 5.80. The number of hydrogen-bond donors (Lipinski definition) is 5. The number of nitrogens with one attached hydrogen (secondary N) is 4. The summed E-state index contributed by atoms with van der Waals surface area (Å²) in [6.45, 7) is 0.847. The number of rotatable bonds is 8. The molecule has 10 nitrogen and oxygen atoms in total. The van der Waals surface area contributed by atoms with Gasteiger partial charge in [0.1, 0.15) is 17.1 Å². The lowest BCUT2D eigenvalue weighted by Crippen LogP contribution is -2.57. The molecule has 3 heterocycles. The van der Waals surface area contributed by atoms with E-state index in [9.17, 15) is 14.4 Å². The third-order valence-electron chi connectivity index (χ3n) is 10.5. The molecule has 2 aromatic heterocycles. The molecule has 294 valence electrons. The first kappa shape index (κ1) is 40.3. The SMILES string of the molecule is CN1C(=O)C(CCCCN)NC(=O)C(Cc2ccc3ccccc3c2)NCc2cccnc2Sc2c(Cl)cc(Cl)cc2CNC(=O)C1Cc1c[nH]c2ccccc12. The molecule has 0 spiro atoms. The average Bonchev–Trinajstić information content (AvgIpc) is 3.63. The van der Waals surface area contributed by atoms with E-state index in [-0.39, 0.29) is 30.7 Å². The van der Waals surface area contributed by atoms with Crippen molar-refractivity contribution >= 4 is 74.4 Å². The summed E-state index contributed by atoms with van der Waals surface area (Å²) in [5.41, 5.74) is 10.2. The van der Waals surface area contributed by atoms with E-state index in [2.05, 4.69) is 39.1 Å². The predicted molar refractivity (Wildman–Crippen MR) is 228 cm³/mol. The summed E-state index contributed by atoms with van der Waals surface area (Å²) in [5.74, 6) is -1.06. The first-order valence-electron chi connectivity index (χ1n) is 19.1. The number of benzene rings is 4. The maximum absolute atomic E-state index is 14.7. The number of amides is 3. The van der Waals surface area contributed by atoms with Crippen molar-refractivity contribution in [1.82, 2.24) is 30.8 Å². The highest BCUT2D eigenvalue weighted by Gasteiger charge is 2.34. The van der Waals surface area contributed by atoms with Crippen molar-refractivity contribution in [2.24, 2.45) is 5.73 Å². The van der Waals surface area contributed by atoms with Crippen molar-refractivity contribution in [2.75, 3.05) is 13.6 Å². The van der Waals surface area contributed by atoms with Crippen molar-refractivity contribution < 1.29 is 14.4 Å². The summed E-state index contributed by atoms with van der Waals surface area (Å²) in [5, 5.41) is 14.3. The fourth-order valence-corrected chi connectivity index (χ4v) is 8.98. The first-order chi connectivity index (χ1) is 27.7. The highest BCUT2D eigenvalue weighted by atomic mass is 35.5. The van der Waals surface area contributed by atoms with Gasteiger partial charge in [0.05, 0.1) is 11.1 Å². The van der Waals surface area contributed by atoms with Crippen molar-refractivity contribution in [1.29, 1.82) is 0 Å². The topological polar surface area (TPSA) is 145 Å². The van der Waals surface area contributed by atoms with Gasteiger partial charge in [0.2, 0.25) is 17.7 Å². The van der Waals surface area contributed by atoms with Gasteiger partial charge in [0.15, 0.2) is 0 Å². The molecule has 0 saturated carbocycles. The highest BCUT2D eigenvalue weighted by Crippen LogP contribution is 2.39. The van der Waals surface area contributed by atoms with Gasteiger partial charge in [-0.15, -0.1) is 0 Å². The number of unbranched alkanes of at least 4 members (excludes halogenated alkanes) is 1.